The highest BCUT2D eigenvalue weighted by molar-refractivity contribution is 5.77. The Balaban J connectivity index is 0.000000250. The number of rotatable bonds is 14. The monoisotopic (exact) mass is 1220 g/mol. The van der Waals surface area contributed by atoms with E-state index >= 15 is 0 Å². The average molecular weight is 1220 g/mol. The molecule has 484 valence electrons. The highest BCUT2D eigenvalue weighted by Gasteiger charge is 2.25. The van der Waals surface area contributed by atoms with Crippen LogP contribution in [0, 0.1) is 55.3 Å². The minimum Gasteiger partial charge on any atom is -0.0622 e. The topological polar surface area (TPSA) is 0 Å². The van der Waals surface area contributed by atoms with Gasteiger partial charge in [-0.2, -0.15) is 0 Å². The third-order valence-electron chi connectivity index (χ3n) is 17.6. The van der Waals surface area contributed by atoms with E-state index in [4.69, 9.17) is 17.8 Å². The van der Waals surface area contributed by atoms with Gasteiger partial charge in [0.2, 0.25) is 0 Å². The molecule has 0 aliphatic rings. The average Bonchev–Trinajstić information content (AvgIpc) is 0.744. The lowest BCUT2D eigenvalue weighted by Crippen LogP contribution is -2.14. The third-order valence-corrected chi connectivity index (χ3v) is 17.6. The van der Waals surface area contributed by atoms with Crippen LogP contribution in [0.3, 0.4) is 0 Å². The lowest BCUT2D eigenvalue weighted by Gasteiger charge is -2.28. The van der Waals surface area contributed by atoms with Gasteiger partial charge in [0.25, 0.3) is 0 Å². The van der Waals surface area contributed by atoms with Crippen LogP contribution in [0.1, 0.15) is 342 Å². The quantitative estimate of drug-likeness (QED) is 0.102. The maximum Gasteiger partial charge on any atom is 0.0347 e. The maximum atomic E-state index is 9.03. The van der Waals surface area contributed by atoms with Crippen LogP contribution in [-0.4, -0.2) is 0 Å². The second-order valence-corrected chi connectivity index (χ2v) is 28.7. The zero-order valence-corrected chi connectivity index (χ0v) is 61.6. The van der Waals surface area contributed by atoms with Crippen molar-refractivity contribution in [3.63, 3.8) is 0 Å². The van der Waals surface area contributed by atoms with Crippen LogP contribution in [0.5, 0.6) is 0 Å². The molecule has 0 bridgehead atoms. The third kappa shape index (κ3) is 18.5. The zero-order valence-electron chi connectivity index (χ0n) is 74.6. The summed E-state index contributed by atoms with van der Waals surface area (Å²) in [5.74, 6) is -7.71. The van der Waals surface area contributed by atoms with Crippen molar-refractivity contribution in [2.75, 3.05) is 0 Å². The smallest absolute Gasteiger partial charge is 0.0347 e. The molecule has 0 amide bonds. The van der Waals surface area contributed by atoms with E-state index in [0.29, 0.717) is 5.56 Å². The fourth-order valence-corrected chi connectivity index (χ4v) is 12.7. The first-order valence-electron chi connectivity index (χ1n) is 39.2. The van der Waals surface area contributed by atoms with E-state index < -0.39 is 65.8 Å². The molecule has 8 aromatic carbocycles. The predicted octanol–water partition coefficient (Wildman–Crippen LogP) is 28.4. The Bertz CT molecular complexity index is 4100. The fraction of sp³-hybridized carbons (Fsp3) is 0.467. The SMILES string of the molecule is [2H]C(C)(C)c1cc(-c2c(C([2H])(C)C)cc(C(C)(C)C)cc2C([2H])(C)C)cc(C([2H])(C)C)c1C.[2H]C(C)(C)c1cc(-c2c(C)cc(C)cc2C)cc(C([2H])(C)C)c1C.[2H]C(C)(C)c1cc(-c2ccccc2)cc(C([2H])(C)C)c1C.[2H]C([2H])([2H])c1ccc(-c2cc(C([2H])(C)C)c(C)c(C([2H])(C)C)c2)cc1. The van der Waals surface area contributed by atoms with E-state index in [2.05, 4.69) is 121 Å². The lowest BCUT2D eigenvalue weighted by atomic mass is 9.76. The normalized spacial score (nSPS) is 15.2. The number of aryl methyl sites for hydroxylation is 4. The summed E-state index contributed by atoms with van der Waals surface area (Å²) in [6.07, 6.45) is 0. The molecule has 0 nitrogen and oxygen atoms in total. The Morgan fingerprint density at radius 3 is 0.778 bits per heavy atom. The van der Waals surface area contributed by atoms with Crippen molar-refractivity contribution in [1.82, 2.24) is 0 Å². The number of hydrogen-bond acceptors (Lipinski definition) is 0. The van der Waals surface area contributed by atoms with Gasteiger partial charge in [0, 0.05) is 17.8 Å². The first kappa shape index (κ1) is 56.5. The molecule has 0 fully saturated rings. The van der Waals surface area contributed by atoms with Crippen molar-refractivity contribution in [1.29, 1.82) is 0 Å². The van der Waals surface area contributed by atoms with Crippen LogP contribution in [0.4, 0.5) is 0 Å². The van der Waals surface area contributed by atoms with Crippen LogP contribution in [0.2, 0.25) is 0 Å². The van der Waals surface area contributed by atoms with Crippen molar-refractivity contribution < 1.29 is 17.8 Å². The standard InChI is InChI=1S/C29H44.C22H30.C20H26.C19H24/c1-17(2)24-13-22(14-25(18(3)4)21(24)9)28-26(19(5)6)15-23(29(10,11)12)16-27(28)20(7)8;1-13(2)20-11-19(12-21(14(3)4)18(20)8)22-16(6)9-15(5)10-17(22)7;1-13(2)19-11-18(12-20(14(3)4)16(19)6)17-9-7-15(5)8-10-17;1-13(2)18-11-17(16-9-7-6-8-10-16)12-19(14(3)4)15(18)5/h13-20H,1-12H3;9-14H,1-8H3;7-14H,1-6H3;6-14H,1-5H3/i17D,18D,19D,20D;13D,14D;5D3,13D,14D;13D,14D. The first-order valence-corrected chi connectivity index (χ1v) is 32.7. The van der Waals surface area contributed by atoms with Crippen LogP contribution in [0.15, 0.2) is 127 Å². The van der Waals surface area contributed by atoms with E-state index in [1.807, 2.05) is 190 Å². The van der Waals surface area contributed by atoms with Crippen molar-refractivity contribution in [2.45, 2.75) is 279 Å². The summed E-state index contributed by atoms with van der Waals surface area (Å²) in [6, 6.07) is 42.3. The minimum absolute atomic E-state index is 0.117. The van der Waals surface area contributed by atoms with Crippen molar-refractivity contribution in [2.24, 2.45) is 0 Å². The van der Waals surface area contributed by atoms with Gasteiger partial charge in [0.05, 0.1) is 0 Å². The van der Waals surface area contributed by atoms with Crippen LogP contribution in [0.25, 0.3) is 44.5 Å². The highest BCUT2D eigenvalue weighted by Crippen LogP contribution is 2.44. The van der Waals surface area contributed by atoms with Gasteiger partial charge in [-0.1, -0.05) is 298 Å². The zero-order chi connectivity index (χ0) is 79.4. The molecule has 0 unspecified atom stereocenters. The molecule has 0 saturated heterocycles. The molecule has 0 radical (unpaired) electrons. The molecule has 0 heteroatoms. The van der Waals surface area contributed by atoms with Gasteiger partial charge < -0.3 is 0 Å². The molecular formula is C90H124. The van der Waals surface area contributed by atoms with Gasteiger partial charge in [0.1, 0.15) is 0 Å². The van der Waals surface area contributed by atoms with Gasteiger partial charge in [-0.05, 0) is 259 Å². The molecule has 0 N–H and O–H groups in total. The van der Waals surface area contributed by atoms with Gasteiger partial charge in [-0.25, -0.2) is 0 Å². The second kappa shape index (κ2) is 31.9. The van der Waals surface area contributed by atoms with Crippen molar-refractivity contribution in [3.05, 3.63) is 233 Å². The summed E-state index contributed by atoms with van der Waals surface area (Å²) in [7, 11) is 0. The Morgan fingerprint density at radius 2 is 0.522 bits per heavy atom. The van der Waals surface area contributed by atoms with Gasteiger partial charge in [-0.3, -0.25) is 0 Å². The fourth-order valence-electron chi connectivity index (χ4n) is 12.7. The minimum atomic E-state index is -2.12. The molecule has 8 aromatic rings. The van der Waals surface area contributed by atoms with Crippen LogP contribution < -0.4 is 0 Å². The highest BCUT2D eigenvalue weighted by atomic mass is 14.3. The molecule has 0 aromatic heterocycles. The van der Waals surface area contributed by atoms with Gasteiger partial charge >= 0.3 is 0 Å². The van der Waals surface area contributed by atoms with Crippen LogP contribution >= 0.6 is 0 Å². The summed E-state index contributed by atoms with van der Waals surface area (Å²) < 4.78 is 109. The van der Waals surface area contributed by atoms with Gasteiger partial charge in [-0.15, -0.1) is 0 Å². The first-order chi connectivity index (χ1) is 46.1. The Morgan fingerprint density at radius 1 is 0.267 bits per heavy atom. The molecule has 0 aliphatic heterocycles. The molecule has 0 saturated carbocycles. The van der Waals surface area contributed by atoms with E-state index in [0.717, 1.165) is 122 Å². The van der Waals surface area contributed by atoms with E-state index in [1.165, 1.54) is 22.3 Å². The van der Waals surface area contributed by atoms with Crippen molar-refractivity contribution >= 4 is 0 Å². The predicted molar refractivity (Wildman–Crippen MR) is 405 cm³/mol. The maximum absolute atomic E-state index is 9.03. The molecular weight excluding hydrogens is 1080 g/mol. The number of benzene rings is 8. The molecule has 90 heavy (non-hydrogen) atoms. The summed E-state index contributed by atoms with van der Waals surface area (Å²) in [4.78, 5) is 0. The Hall–Kier alpha value is -6.24. The Kier molecular flexibility index (Phi) is 20.0. The number of hydrogen-bond donors (Lipinski definition) is 0. The molecule has 0 atom stereocenters. The van der Waals surface area contributed by atoms with Crippen LogP contribution in [-0.2, 0) is 5.41 Å². The second-order valence-electron chi connectivity index (χ2n) is 28.7. The van der Waals surface area contributed by atoms with E-state index in [9.17, 15) is 0 Å². The van der Waals surface area contributed by atoms with E-state index in [1.54, 1.807) is 24.3 Å². The summed E-state index contributed by atoms with van der Waals surface area (Å²) >= 11 is 0. The molecule has 0 heterocycles. The lowest BCUT2D eigenvalue weighted by molar-refractivity contribution is 0.587. The molecule has 0 aliphatic carbocycles. The largest absolute Gasteiger partial charge is 0.0622 e. The summed E-state index contributed by atoms with van der Waals surface area (Å²) in [5, 5.41) is 0. The Labute approximate surface area is 571 Å². The van der Waals surface area contributed by atoms with Crippen molar-refractivity contribution in [3.8, 4) is 44.5 Å². The molecule has 0 spiro atoms. The summed E-state index contributed by atoms with van der Waals surface area (Å²) in [5.41, 5.74) is 26.7. The molecule has 8 rings (SSSR count). The summed E-state index contributed by atoms with van der Waals surface area (Å²) in [6.45, 7) is 56.7. The van der Waals surface area contributed by atoms with Gasteiger partial charge in [0.15, 0.2) is 0 Å². The van der Waals surface area contributed by atoms with E-state index in [-0.39, 0.29) is 5.41 Å².